The first kappa shape index (κ1) is 15.4. The number of rotatable bonds is 6. The Kier molecular flexibility index (Phi) is 5.89. The zero-order valence-electron chi connectivity index (χ0n) is 11.3. The van der Waals surface area contributed by atoms with Crippen LogP contribution < -0.4 is 5.32 Å². The first-order valence-electron chi connectivity index (χ1n) is 6.56. The summed E-state index contributed by atoms with van der Waals surface area (Å²) >= 11 is 7.39. The maximum atomic E-state index is 14.0. The topological polar surface area (TPSA) is 12.0 Å². The summed E-state index contributed by atoms with van der Waals surface area (Å²) in [5, 5.41) is 3.96. The van der Waals surface area contributed by atoms with Crippen LogP contribution in [0.1, 0.15) is 18.1 Å². The van der Waals surface area contributed by atoms with E-state index >= 15 is 0 Å². The van der Waals surface area contributed by atoms with Crippen molar-refractivity contribution in [2.24, 2.45) is 0 Å². The van der Waals surface area contributed by atoms with Gasteiger partial charge in [-0.1, -0.05) is 42.8 Å². The number of nitrogens with one attached hydrogen (secondary N) is 1. The molecule has 0 bridgehead atoms. The predicted octanol–water partition coefficient (Wildman–Crippen LogP) is 4.88. The van der Waals surface area contributed by atoms with Gasteiger partial charge in [0, 0.05) is 22.2 Å². The van der Waals surface area contributed by atoms with E-state index in [2.05, 4.69) is 5.32 Å². The lowest BCUT2D eigenvalue weighted by atomic mass is 10.2. The Labute approximate surface area is 128 Å². The van der Waals surface area contributed by atoms with Crippen LogP contribution in [0.2, 0.25) is 5.02 Å². The minimum atomic E-state index is -0.153. The predicted molar refractivity (Wildman–Crippen MR) is 84.8 cm³/mol. The van der Waals surface area contributed by atoms with Crippen LogP contribution in [0.5, 0.6) is 0 Å². The van der Waals surface area contributed by atoms with Gasteiger partial charge in [-0.2, -0.15) is 0 Å². The molecule has 1 nitrogen and oxygen atoms in total. The van der Waals surface area contributed by atoms with Crippen LogP contribution in [0.15, 0.2) is 47.4 Å². The Bertz CT molecular complexity index is 557. The lowest BCUT2D eigenvalue weighted by molar-refractivity contribution is 0.591. The van der Waals surface area contributed by atoms with Crippen molar-refractivity contribution in [1.82, 2.24) is 5.32 Å². The molecule has 0 heterocycles. The maximum absolute atomic E-state index is 14.0. The Morgan fingerprint density at radius 1 is 1.15 bits per heavy atom. The molecule has 106 valence electrons. The normalized spacial score (nSPS) is 10.8. The molecule has 0 atom stereocenters. The largest absolute Gasteiger partial charge is 0.313 e. The highest BCUT2D eigenvalue weighted by Gasteiger charge is 2.09. The molecule has 2 aromatic carbocycles. The first-order valence-corrected chi connectivity index (χ1v) is 7.92. The SMILES string of the molecule is CCNCc1cccc(F)c1SCc1ccc(Cl)cc1. The van der Waals surface area contributed by atoms with Gasteiger partial charge < -0.3 is 5.32 Å². The van der Waals surface area contributed by atoms with E-state index < -0.39 is 0 Å². The summed E-state index contributed by atoms with van der Waals surface area (Å²) in [4.78, 5) is 0.725. The average Bonchev–Trinajstić information content (AvgIpc) is 2.46. The number of hydrogen-bond acceptors (Lipinski definition) is 2. The van der Waals surface area contributed by atoms with Gasteiger partial charge in [-0.15, -0.1) is 11.8 Å². The van der Waals surface area contributed by atoms with Gasteiger partial charge in [-0.05, 0) is 35.9 Å². The highest BCUT2D eigenvalue weighted by molar-refractivity contribution is 7.98. The van der Waals surface area contributed by atoms with E-state index in [1.807, 2.05) is 37.3 Å². The van der Waals surface area contributed by atoms with E-state index in [-0.39, 0.29) is 5.82 Å². The number of halogens is 2. The van der Waals surface area contributed by atoms with Crippen LogP contribution in [0.4, 0.5) is 4.39 Å². The second-order valence-corrected chi connectivity index (χ2v) is 5.85. The Balaban J connectivity index is 2.09. The van der Waals surface area contributed by atoms with Crippen molar-refractivity contribution in [2.45, 2.75) is 24.1 Å². The van der Waals surface area contributed by atoms with E-state index in [0.29, 0.717) is 6.54 Å². The average molecular weight is 310 g/mol. The van der Waals surface area contributed by atoms with Gasteiger partial charge in [0.05, 0.1) is 0 Å². The minimum absolute atomic E-state index is 0.153. The van der Waals surface area contributed by atoms with Crippen LogP contribution in [0.25, 0.3) is 0 Å². The van der Waals surface area contributed by atoms with Crippen LogP contribution in [0, 0.1) is 5.82 Å². The van der Waals surface area contributed by atoms with Crippen LogP contribution in [-0.4, -0.2) is 6.54 Å². The van der Waals surface area contributed by atoms with E-state index in [1.165, 1.54) is 17.8 Å². The maximum Gasteiger partial charge on any atom is 0.137 e. The molecule has 0 spiro atoms. The summed E-state index contributed by atoms with van der Waals surface area (Å²) in [6.07, 6.45) is 0. The lowest BCUT2D eigenvalue weighted by Gasteiger charge is -2.11. The fourth-order valence-corrected chi connectivity index (χ4v) is 3.01. The summed E-state index contributed by atoms with van der Waals surface area (Å²) in [5.41, 5.74) is 2.14. The van der Waals surface area contributed by atoms with Crippen molar-refractivity contribution >= 4 is 23.4 Å². The molecule has 1 N–H and O–H groups in total. The zero-order valence-corrected chi connectivity index (χ0v) is 12.9. The van der Waals surface area contributed by atoms with Gasteiger partial charge in [0.15, 0.2) is 0 Å². The highest BCUT2D eigenvalue weighted by atomic mass is 35.5. The van der Waals surface area contributed by atoms with Crippen LogP contribution >= 0.6 is 23.4 Å². The van der Waals surface area contributed by atoms with Crippen molar-refractivity contribution in [3.63, 3.8) is 0 Å². The first-order chi connectivity index (χ1) is 9.70. The molecule has 2 rings (SSSR count). The van der Waals surface area contributed by atoms with Gasteiger partial charge >= 0.3 is 0 Å². The fraction of sp³-hybridized carbons (Fsp3) is 0.250. The van der Waals surface area contributed by atoms with E-state index in [1.54, 1.807) is 6.07 Å². The Morgan fingerprint density at radius 3 is 2.60 bits per heavy atom. The molecule has 0 aliphatic rings. The van der Waals surface area contributed by atoms with Crippen molar-refractivity contribution in [1.29, 1.82) is 0 Å². The minimum Gasteiger partial charge on any atom is -0.313 e. The quantitative estimate of drug-likeness (QED) is 0.763. The Hall–Kier alpha value is -1.03. The molecular formula is C16H17ClFNS. The third kappa shape index (κ3) is 4.23. The molecule has 0 aliphatic heterocycles. The molecule has 0 radical (unpaired) electrons. The Morgan fingerprint density at radius 2 is 1.90 bits per heavy atom. The highest BCUT2D eigenvalue weighted by Crippen LogP contribution is 2.29. The summed E-state index contributed by atoms with van der Waals surface area (Å²) in [5.74, 6) is 0.580. The van der Waals surface area contributed by atoms with Crippen LogP contribution in [-0.2, 0) is 12.3 Å². The molecule has 2 aromatic rings. The van der Waals surface area contributed by atoms with Gasteiger partial charge in [-0.25, -0.2) is 4.39 Å². The third-order valence-corrected chi connectivity index (χ3v) is 4.39. The van der Waals surface area contributed by atoms with Crippen molar-refractivity contribution in [2.75, 3.05) is 6.54 Å². The molecule has 0 unspecified atom stereocenters. The molecule has 0 saturated carbocycles. The fourth-order valence-electron chi connectivity index (χ4n) is 1.85. The molecule has 4 heteroatoms. The summed E-state index contributed by atoms with van der Waals surface area (Å²) < 4.78 is 14.0. The molecule has 0 aliphatic carbocycles. The summed E-state index contributed by atoms with van der Waals surface area (Å²) in [6, 6.07) is 12.9. The third-order valence-electron chi connectivity index (χ3n) is 2.91. The number of thioether (sulfide) groups is 1. The standard InChI is InChI=1S/C16H17ClFNS/c1-2-19-10-13-4-3-5-15(18)16(13)20-11-12-6-8-14(17)9-7-12/h3-9,19H,2,10-11H2,1H3. The van der Waals surface area contributed by atoms with Crippen molar-refractivity contribution in [3.8, 4) is 0 Å². The number of hydrogen-bond donors (Lipinski definition) is 1. The van der Waals surface area contributed by atoms with Gasteiger partial charge in [-0.3, -0.25) is 0 Å². The zero-order chi connectivity index (χ0) is 14.4. The van der Waals surface area contributed by atoms with Crippen molar-refractivity contribution < 1.29 is 4.39 Å². The van der Waals surface area contributed by atoms with Gasteiger partial charge in [0.2, 0.25) is 0 Å². The molecular weight excluding hydrogens is 293 g/mol. The second kappa shape index (κ2) is 7.67. The van der Waals surface area contributed by atoms with E-state index in [4.69, 9.17) is 11.6 Å². The molecule has 0 aromatic heterocycles. The summed E-state index contributed by atoms with van der Waals surface area (Å²) in [7, 11) is 0. The molecule has 0 amide bonds. The monoisotopic (exact) mass is 309 g/mol. The van der Waals surface area contributed by atoms with Gasteiger partial charge in [0.1, 0.15) is 5.82 Å². The molecule has 20 heavy (non-hydrogen) atoms. The number of benzene rings is 2. The smallest absolute Gasteiger partial charge is 0.137 e. The van der Waals surface area contributed by atoms with E-state index in [0.717, 1.165) is 33.3 Å². The molecule has 0 fully saturated rings. The van der Waals surface area contributed by atoms with Gasteiger partial charge in [0.25, 0.3) is 0 Å². The van der Waals surface area contributed by atoms with Crippen LogP contribution in [0.3, 0.4) is 0 Å². The molecule has 0 saturated heterocycles. The second-order valence-electron chi connectivity index (χ2n) is 4.42. The van der Waals surface area contributed by atoms with Crippen molar-refractivity contribution in [3.05, 3.63) is 64.4 Å². The van der Waals surface area contributed by atoms with E-state index in [9.17, 15) is 4.39 Å². The summed E-state index contributed by atoms with van der Waals surface area (Å²) in [6.45, 7) is 3.61. The lowest BCUT2D eigenvalue weighted by Crippen LogP contribution is -2.12.